The van der Waals surface area contributed by atoms with Crippen molar-refractivity contribution in [1.82, 2.24) is 0 Å². The van der Waals surface area contributed by atoms with E-state index in [1.54, 1.807) is 36.4 Å². The first kappa shape index (κ1) is 14.4. The van der Waals surface area contributed by atoms with Crippen molar-refractivity contribution in [2.24, 2.45) is 0 Å². The Morgan fingerprint density at radius 3 is 2.38 bits per heavy atom. The summed E-state index contributed by atoms with van der Waals surface area (Å²) in [5.41, 5.74) is 2.10. The maximum absolute atomic E-state index is 8.87. The second-order valence-corrected chi connectivity index (χ2v) is 4.43. The van der Waals surface area contributed by atoms with Gasteiger partial charge in [0.15, 0.2) is 0 Å². The predicted molar refractivity (Wildman–Crippen MR) is 78.0 cm³/mol. The van der Waals surface area contributed by atoms with Gasteiger partial charge in [0.1, 0.15) is 24.7 Å². The van der Waals surface area contributed by atoms with E-state index in [9.17, 15) is 0 Å². The van der Waals surface area contributed by atoms with Gasteiger partial charge in [-0.3, -0.25) is 0 Å². The molecule has 0 aliphatic rings. The van der Waals surface area contributed by atoms with Crippen LogP contribution in [0.1, 0.15) is 16.7 Å². The number of rotatable bonds is 5. The molecule has 0 unspecified atom stereocenters. The molecule has 0 N–H and O–H groups in total. The average molecular weight is 278 g/mol. The minimum Gasteiger partial charge on any atom is -0.490 e. The Morgan fingerprint density at radius 1 is 0.905 bits per heavy atom. The van der Waals surface area contributed by atoms with Crippen LogP contribution in [0.2, 0.25) is 0 Å². The standard InChI is InChI=1S/C17H14N2O2/c1-13-5-6-15(12-19)10-17(13)21-8-7-20-16-4-2-3-14(9-16)11-18/h2-6,9-10H,7-8H2,1H3. The van der Waals surface area contributed by atoms with E-state index in [1.807, 2.05) is 13.0 Å². The quantitative estimate of drug-likeness (QED) is 0.788. The summed E-state index contributed by atoms with van der Waals surface area (Å²) in [6.07, 6.45) is 0. The highest BCUT2D eigenvalue weighted by molar-refractivity contribution is 5.41. The van der Waals surface area contributed by atoms with Gasteiger partial charge in [-0.2, -0.15) is 10.5 Å². The summed E-state index contributed by atoms with van der Waals surface area (Å²) in [6, 6.07) is 16.4. The molecule has 4 nitrogen and oxygen atoms in total. The van der Waals surface area contributed by atoms with Crippen molar-refractivity contribution in [3.8, 4) is 23.6 Å². The van der Waals surface area contributed by atoms with Gasteiger partial charge in [-0.25, -0.2) is 0 Å². The molecule has 104 valence electrons. The van der Waals surface area contributed by atoms with Gasteiger partial charge in [-0.15, -0.1) is 0 Å². The molecule has 0 saturated heterocycles. The smallest absolute Gasteiger partial charge is 0.123 e. The van der Waals surface area contributed by atoms with Gasteiger partial charge < -0.3 is 9.47 Å². The molecule has 0 spiro atoms. The maximum atomic E-state index is 8.87. The van der Waals surface area contributed by atoms with Gasteiger partial charge in [-0.05, 0) is 42.8 Å². The van der Waals surface area contributed by atoms with E-state index in [2.05, 4.69) is 12.1 Å². The molecule has 0 radical (unpaired) electrons. The zero-order chi connectivity index (χ0) is 15.1. The van der Waals surface area contributed by atoms with Crippen molar-refractivity contribution in [3.63, 3.8) is 0 Å². The molecule has 2 aromatic rings. The van der Waals surface area contributed by atoms with E-state index < -0.39 is 0 Å². The molecule has 2 aromatic carbocycles. The third-order valence-corrected chi connectivity index (χ3v) is 2.89. The lowest BCUT2D eigenvalue weighted by Gasteiger charge is -2.10. The maximum Gasteiger partial charge on any atom is 0.123 e. The molecule has 0 fully saturated rings. The Kier molecular flexibility index (Phi) is 4.79. The number of ether oxygens (including phenoxy) is 2. The van der Waals surface area contributed by atoms with E-state index in [0.29, 0.717) is 35.8 Å². The van der Waals surface area contributed by atoms with Gasteiger partial charge in [0.2, 0.25) is 0 Å². The largest absolute Gasteiger partial charge is 0.490 e. The van der Waals surface area contributed by atoms with Gasteiger partial charge in [0, 0.05) is 0 Å². The highest BCUT2D eigenvalue weighted by Crippen LogP contribution is 2.19. The van der Waals surface area contributed by atoms with Crippen LogP contribution in [-0.2, 0) is 0 Å². The van der Waals surface area contributed by atoms with Crippen molar-refractivity contribution in [1.29, 1.82) is 10.5 Å². The number of aryl methyl sites for hydroxylation is 1. The Balaban J connectivity index is 1.88. The van der Waals surface area contributed by atoms with Crippen LogP contribution >= 0.6 is 0 Å². The number of hydrogen-bond donors (Lipinski definition) is 0. The summed E-state index contributed by atoms with van der Waals surface area (Å²) in [6.45, 7) is 2.66. The van der Waals surface area contributed by atoms with Crippen LogP contribution < -0.4 is 9.47 Å². The topological polar surface area (TPSA) is 66.0 Å². The first-order valence-corrected chi connectivity index (χ1v) is 6.49. The Hall–Kier alpha value is -2.98. The summed E-state index contributed by atoms with van der Waals surface area (Å²) in [5.74, 6) is 1.32. The second kappa shape index (κ2) is 6.98. The molecule has 0 amide bonds. The van der Waals surface area contributed by atoms with Gasteiger partial charge in [-0.1, -0.05) is 12.1 Å². The molecule has 0 bridgehead atoms. The molecular formula is C17H14N2O2. The minimum atomic E-state index is 0.366. The van der Waals surface area contributed by atoms with E-state index in [4.69, 9.17) is 20.0 Å². The zero-order valence-corrected chi connectivity index (χ0v) is 11.7. The Bertz CT molecular complexity index is 711. The van der Waals surface area contributed by atoms with E-state index >= 15 is 0 Å². The molecule has 0 heterocycles. The number of benzene rings is 2. The van der Waals surface area contributed by atoms with Crippen molar-refractivity contribution >= 4 is 0 Å². The molecule has 2 rings (SSSR count). The van der Waals surface area contributed by atoms with E-state index in [1.165, 1.54) is 0 Å². The fraction of sp³-hybridized carbons (Fsp3) is 0.176. The summed E-state index contributed by atoms with van der Waals surface area (Å²) in [7, 11) is 0. The first-order chi connectivity index (χ1) is 10.2. The zero-order valence-electron chi connectivity index (χ0n) is 11.7. The number of nitrogens with zero attached hydrogens (tertiary/aromatic N) is 2. The minimum absolute atomic E-state index is 0.366. The van der Waals surface area contributed by atoms with Crippen LogP contribution in [0.3, 0.4) is 0 Å². The summed E-state index contributed by atoms with van der Waals surface area (Å²) < 4.78 is 11.1. The van der Waals surface area contributed by atoms with Crippen molar-refractivity contribution in [2.75, 3.05) is 13.2 Å². The van der Waals surface area contributed by atoms with Crippen LogP contribution in [0.5, 0.6) is 11.5 Å². The van der Waals surface area contributed by atoms with Crippen LogP contribution in [0.4, 0.5) is 0 Å². The molecule has 0 saturated carbocycles. The molecule has 0 aliphatic heterocycles. The van der Waals surface area contributed by atoms with Crippen molar-refractivity contribution in [2.45, 2.75) is 6.92 Å². The lowest BCUT2D eigenvalue weighted by molar-refractivity contribution is 0.216. The fourth-order valence-electron chi connectivity index (χ4n) is 1.79. The van der Waals surface area contributed by atoms with Crippen LogP contribution in [0.25, 0.3) is 0 Å². The van der Waals surface area contributed by atoms with Crippen LogP contribution in [-0.4, -0.2) is 13.2 Å². The van der Waals surface area contributed by atoms with Crippen LogP contribution in [0.15, 0.2) is 42.5 Å². The second-order valence-electron chi connectivity index (χ2n) is 4.43. The third kappa shape index (κ3) is 3.99. The monoisotopic (exact) mass is 278 g/mol. The van der Waals surface area contributed by atoms with Gasteiger partial charge >= 0.3 is 0 Å². The summed E-state index contributed by atoms with van der Waals surface area (Å²) in [5, 5.41) is 17.7. The lowest BCUT2D eigenvalue weighted by atomic mass is 10.1. The average Bonchev–Trinajstić information content (AvgIpc) is 2.53. The lowest BCUT2D eigenvalue weighted by Crippen LogP contribution is -2.09. The fourth-order valence-corrected chi connectivity index (χ4v) is 1.79. The van der Waals surface area contributed by atoms with E-state index in [-0.39, 0.29) is 0 Å². The third-order valence-electron chi connectivity index (χ3n) is 2.89. The normalized spacial score (nSPS) is 9.48. The summed E-state index contributed by atoms with van der Waals surface area (Å²) >= 11 is 0. The molecule has 21 heavy (non-hydrogen) atoms. The summed E-state index contributed by atoms with van der Waals surface area (Å²) in [4.78, 5) is 0. The molecule has 0 aliphatic carbocycles. The molecule has 4 heteroatoms. The SMILES string of the molecule is Cc1ccc(C#N)cc1OCCOc1cccc(C#N)c1. The van der Waals surface area contributed by atoms with Crippen molar-refractivity contribution in [3.05, 3.63) is 59.2 Å². The number of hydrogen-bond acceptors (Lipinski definition) is 4. The van der Waals surface area contributed by atoms with Crippen LogP contribution in [0, 0.1) is 29.6 Å². The van der Waals surface area contributed by atoms with Gasteiger partial charge in [0.25, 0.3) is 0 Å². The first-order valence-electron chi connectivity index (χ1n) is 6.49. The van der Waals surface area contributed by atoms with Gasteiger partial charge in [0.05, 0.1) is 23.3 Å². The predicted octanol–water partition coefficient (Wildman–Crippen LogP) is 3.20. The molecule has 0 aromatic heterocycles. The Labute approximate surface area is 123 Å². The highest BCUT2D eigenvalue weighted by Gasteiger charge is 2.02. The Morgan fingerprint density at radius 2 is 1.62 bits per heavy atom. The number of nitriles is 2. The molecule has 0 atom stereocenters. The van der Waals surface area contributed by atoms with Crippen molar-refractivity contribution < 1.29 is 9.47 Å². The molecular weight excluding hydrogens is 264 g/mol. The highest BCUT2D eigenvalue weighted by atomic mass is 16.5. The van der Waals surface area contributed by atoms with E-state index in [0.717, 1.165) is 5.56 Å².